The minimum atomic E-state index is -0.797. The normalized spacial score (nSPS) is 27.5. The molecule has 0 aliphatic heterocycles. The van der Waals surface area contributed by atoms with E-state index in [1.54, 1.807) is 0 Å². The lowest BCUT2D eigenvalue weighted by Gasteiger charge is -2.37. The number of nitrogens with one attached hydrogen (secondary N) is 1. The number of aliphatic hydroxyl groups excluding tert-OH is 1. The first-order chi connectivity index (χ1) is 9.40. The molecule has 0 unspecified atom stereocenters. The number of aliphatic hydroxyl groups is 2. The second kappa shape index (κ2) is 7.38. The van der Waals surface area contributed by atoms with Crippen molar-refractivity contribution in [3.8, 4) is 0 Å². The molecule has 0 aromatic rings. The predicted molar refractivity (Wildman–Crippen MR) is 77.5 cm³/mol. The van der Waals surface area contributed by atoms with E-state index in [1.165, 1.54) is 0 Å². The molecule has 1 rings (SSSR count). The number of carboxylic acids is 1. The molecule has 20 heavy (non-hydrogen) atoms. The molecule has 4 N–H and O–H groups in total. The van der Waals surface area contributed by atoms with Gasteiger partial charge in [-0.3, -0.25) is 4.79 Å². The van der Waals surface area contributed by atoms with Crippen LogP contribution >= 0.6 is 0 Å². The van der Waals surface area contributed by atoms with Gasteiger partial charge in [-0.15, -0.1) is 0 Å². The highest BCUT2D eigenvalue weighted by atomic mass is 16.4. The molecule has 0 amide bonds. The molecule has 0 radical (unpaired) electrons. The lowest BCUT2D eigenvalue weighted by atomic mass is 9.78. The van der Waals surface area contributed by atoms with E-state index in [2.05, 4.69) is 19.2 Å². The van der Waals surface area contributed by atoms with Gasteiger partial charge < -0.3 is 20.6 Å². The zero-order chi connectivity index (χ0) is 15.2. The SMILES string of the molecule is CCC(CC)(CO)CNCC1(O)CCC(C(=O)O)CC1. The number of carbonyl (C=O) groups is 1. The Morgan fingerprint density at radius 1 is 1.30 bits per heavy atom. The molecular formula is C15H29NO4. The van der Waals surface area contributed by atoms with Crippen molar-refractivity contribution in [1.82, 2.24) is 5.32 Å². The van der Waals surface area contributed by atoms with E-state index in [0.717, 1.165) is 12.8 Å². The molecule has 0 spiro atoms. The summed E-state index contributed by atoms with van der Waals surface area (Å²) in [5.74, 6) is -1.06. The maximum atomic E-state index is 10.9. The Hall–Kier alpha value is -0.650. The molecule has 0 saturated heterocycles. The predicted octanol–water partition coefficient (Wildman–Crippen LogP) is 1.38. The van der Waals surface area contributed by atoms with Crippen molar-refractivity contribution in [2.45, 2.75) is 58.0 Å². The third-order valence-electron chi connectivity index (χ3n) is 5.06. The van der Waals surface area contributed by atoms with Crippen LogP contribution in [0.2, 0.25) is 0 Å². The third-order valence-corrected chi connectivity index (χ3v) is 5.06. The molecule has 1 fully saturated rings. The van der Waals surface area contributed by atoms with Crippen LogP contribution in [0.25, 0.3) is 0 Å². The van der Waals surface area contributed by atoms with Gasteiger partial charge in [0.25, 0.3) is 0 Å². The number of rotatable bonds is 8. The van der Waals surface area contributed by atoms with Gasteiger partial charge in [-0.25, -0.2) is 0 Å². The highest BCUT2D eigenvalue weighted by Crippen LogP contribution is 2.32. The van der Waals surface area contributed by atoms with Crippen molar-refractivity contribution in [2.24, 2.45) is 11.3 Å². The van der Waals surface area contributed by atoms with Crippen LogP contribution in [-0.4, -0.2) is 46.6 Å². The van der Waals surface area contributed by atoms with Gasteiger partial charge in [0.05, 0.1) is 11.5 Å². The molecular weight excluding hydrogens is 258 g/mol. The van der Waals surface area contributed by atoms with E-state index in [4.69, 9.17) is 5.11 Å². The molecule has 1 aliphatic carbocycles. The quantitative estimate of drug-likeness (QED) is 0.541. The van der Waals surface area contributed by atoms with Crippen molar-refractivity contribution in [3.63, 3.8) is 0 Å². The first-order valence-electron chi connectivity index (χ1n) is 7.67. The standard InChI is InChI=1S/C15H29NO4/c1-3-14(4-2,11-17)9-16-10-15(20)7-5-12(6-8-15)13(18)19/h12,16-17,20H,3-11H2,1-2H3,(H,18,19). The summed E-state index contributed by atoms with van der Waals surface area (Å²) in [4.78, 5) is 10.9. The lowest BCUT2D eigenvalue weighted by Crippen LogP contribution is -2.47. The van der Waals surface area contributed by atoms with Crippen molar-refractivity contribution in [2.75, 3.05) is 19.7 Å². The summed E-state index contributed by atoms with van der Waals surface area (Å²) >= 11 is 0. The minimum Gasteiger partial charge on any atom is -0.481 e. The molecule has 0 heterocycles. The molecule has 0 aromatic heterocycles. The van der Waals surface area contributed by atoms with Gasteiger partial charge in [0, 0.05) is 25.1 Å². The zero-order valence-corrected chi connectivity index (χ0v) is 12.7. The molecule has 118 valence electrons. The fourth-order valence-electron chi connectivity index (χ4n) is 2.92. The molecule has 0 bridgehead atoms. The van der Waals surface area contributed by atoms with Crippen LogP contribution < -0.4 is 5.32 Å². The van der Waals surface area contributed by atoms with Crippen LogP contribution in [0.1, 0.15) is 52.4 Å². The van der Waals surface area contributed by atoms with Gasteiger partial charge >= 0.3 is 5.97 Å². The average Bonchev–Trinajstić information content (AvgIpc) is 2.44. The summed E-state index contributed by atoms with van der Waals surface area (Å²) in [6.07, 6.45) is 3.93. The van der Waals surface area contributed by atoms with E-state index in [0.29, 0.717) is 38.8 Å². The highest BCUT2D eigenvalue weighted by molar-refractivity contribution is 5.70. The summed E-state index contributed by atoms with van der Waals surface area (Å²) < 4.78 is 0. The average molecular weight is 287 g/mol. The van der Waals surface area contributed by atoms with E-state index in [-0.39, 0.29) is 17.9 Å². The largest absolute Gasteiger partial charge is 0.481 e. The Kier molecular flexibility index (Phi) is 6.43. The molecule has 1 saturated carbocycles. The summed E-state index contributed by atoms with van der Waals surface area (Å²) in [7, 11) is 0. The molecule has 5 heteroatoms. The first kappa shape index (κ1) is 17.4. The Balaban J connectivity index is 2.40. The molecule has 5 nitrogen and oxygen atoms in total. The van der Waals surface area contributed by atoms with E-state index in [1.807, 2.05) is 0 Å². The van der Waals surface area contributed by atoms with Crippen LogP contribution in [-0.2, 0) is 4.79 Å². The van der Waals surface area contributed by atoms with Crippen molar-refractivity contribution in [1.29, 1.82) is 0 Å². The van der Waals surface area contributed by atoms with Gasteiger partial charge in [0.2, 0.25) is 0 Å². The van der Waals surface area contributed by atoms with E-state index < -0.39 is 11.6 Å². The molecule has 0 aromatic carbocycles. The molecule has 1 aliphatic rings. The lowest BCUT2D eigenvalue weighted by molar-refractivity contribution is -0.144. The fraction of sp³-hybridized carbons (Fsp3) is 0.933. The van der Waals surface area contributed by atoms with Crippen molar-refractivity contribution in [3.05, 3.63) is 0 Å². The van der Waals surface area contributed by atoms with E-state index >= 15 is 0 Å². The topological polar surface area (TPSA) is 89.8 Å². The Bertz CT molecular complexity index is 299. The van der Waals surface area contributed by atoms with Crippen LogP contribution in [0.5, 0.6) is 0 Å². The number of aliphatic carboxylic acids is 1. The maximum Gasteiger partial charge on any atom is 0.306 e. The summed E-state index contributed by atoms with van der Waals surface area (Å²) in [6, 6.07) is 0. The smallest absolute Gasteiger partial charge is 0.306 e. The van der Waals surface area contributed by atoms with Gasteiger partial charge in [-0.1, -0.05) is 13.8 Å². The fourth-order valence-corrected chi connectivity index (χ4v) is 2.92. The highest BCUT2D eigenvalue weighted by Gasteiger charge is 2.36. The second-order valence-electron chi connectivity index (χ2n) is 6.31. The van der Waals surface area contributed by atoms with Gasteiger partial charge in [-0.05, 0) is 38.5 Å². The first-order valence-corrected chi connectivity index (χ1v) is 7.67. The summed E-state index contributed by atoms with van der Waals surface area (Å²) in [5.41, 5.74) is -0.913. The van der Waals surface area contributed by atoms with Crippen LogP contribution in [0.15, 0.2) is 0 Å². The summed E-state index contributed by atoms with van der Waals surface area (Å²) in [6.45, 7) is 5.43. The van der Waals surface area contributed by atoms with Crippen LogP contribution in [0.3, 0.4) is 0 Å². The Morgan fingerprint density at radius 2 is 1.85 bits per heavy atom. The van der Waals surface area contributed by atoms with Crippen molar-refractivity contribution >= 4 is 5.97 Å². The van der Waals surface area contributed by atoms with Crippen LogP contribution in [0.4, 0.5) is 0 Å². The van der Waals surface area contributed by atoms with Gasteiger partial charge in [0.15, 0.2) is 0 Å². The van der Waals surface area contributed by atoms with E-state index in [9.17, 15) is 15.0 Å². The second-order valence-corrected chi connectivity index (χ2v) is 6.31. The number of carboxylic acid groups (broad SMARTS) is 1. The number of hydrogen-bond donors (Lipinski definition) is 4. The van der Waals surface area contributed by atoms with Crippen molar-refractivity contribution < 1.29 is 20.1 Å². The number of hydrogen-bond acceptors (Lipinski definition) is 4. The molecule has 0 atom stereocenters. The van der Waals surface area contributed by atoms with Gasteiger partial charge in [-0.2, -0.15) is 0 Å². The maximum absolute atomic E-state index is 10.9. The Labute approximate surface area is 121 Å². The van der Waals surface area contributed by atoms with Crippen LogP contribution in [0, 0.1) is 11.3 Å². The van der Waals surface area contributed by atoms with Gasteiger partial charge in [0.1, 0.15) is 0 Å². The minimum absolute atomic E-state index is 0.116. The zero-order valence-electron chi connectivity index (χ0n) is 12.7. The monoisotopic (exact) mass is 287 g/mol. The third kappa shape index (κ3) is 4.43. The Morgan fingerprint density at radius 3 is 2.25 bits per heavy atom. The summed E-state index contributed by atoms with van der Waals surface area (Å²) in [5, 5.41) is 32.2.